The van der Waals surface area contributed by atoms with Crippen molar-refractivity contribution in [3.05, 3.63) is 65.4 Å². The molecule has 2 bridgehead atoms. The van der Waals surface area contributed by atoms with Gasteiger partial charge in [0.2, 0.25) is 0 Å². The van der Waals surface area contributed by atoms with Gasteiger partial charge in [-0.3, -0.25) is 4.90 Å². The summed E-state index contributed by atoms with van der Waals surface area (Å²) in [6.07, 6.45) is 5.61. The van der Waals surface area contributed by atoms with Gasteiger partial charge >= 0.3 is 0 Å². The number of rotatable bonds is 4. The van der Waals surface area contributed by atoms with E-state index in [1.54, 1.807) is 5.56 Å². The van der Waals surface area contributed by atoms with Crippen molar-refractivity contribution in [2.24, 2.45) is 11.8 Å². The fourth-order valence-electron chi connectivity index (χ4n) is 6.75. The Hall–Kier alpha value is -2.17. The molecule has 0 amide bonds. The van der Waals surface area contributed by atoms with Crippen molar-refractivity contribution in [1.82, 2.24) is 14.7 Å². The summed E-state index contributed by atoms with van der Waals surface area (Å²) in [6.45, 7) is 5.50. The zero-order valence-corrected chi connectivity index (χ0v) is 16.9. The van der Waals surface area contributed by atoms with Crippen molar-refractivity contribution in [2.75, 3.05) is 13.2 Å². The summed E-state index contributed by atoms with van der Waals surface area (Å²) in [6, 6.07) is 16.5. The molecule has 5 unspecified atom stereocenters. The first-order valence-corrected chi connectivity index (χ1v) is 11.2. The lowest BCUT2D eigenvalue weighted by molar-refractivity contribution is -0.0366. The standard InChI is InChI=1S/C25H27N3O/c1-16-11-18-13-26-28(22-9-5-6-10-29-22)21(18)12-19(16)25-20-15-27(24(25)23(20)25)14-17-7-3-2-4-8-17/h2-4,7-8,11-13,20,22-24H,5-6,9-10,14-15H2,1H3. The van der Waals surface area contributed by atoms with Crippen LogP contribution in [0.2, 0.25) is 0 Å². The molecule has 4 heterocycles. The summed E-state index contributed by atoms with van der Waals surface area (Å²) in [4.78, 5) is 2.73. The molecule has 4 nitrogen and oxygen atoms in total. The van der Waals surface area contributed by atoms with Crippen molar-refractivity contribution >= 4 is 10.9 Å². The predicted molar refractivity (Wildman–Crippen MR) is 113 cm³/mol. The molecule has 2 aliphatic carbocycles. The second kappa shape index (κ2) is 5.71. The van der Waals surface area contributed by atoms with E-state index in [9.17, 15) is 0 Å². The second-order valence-corrected chi connectivity index (χ2v) is 9.56. The maximum Gasteiger partial charge on any atom is 0.150 e. The van der Waals surface area contributed by atoms with Crippen LogP contribution in [0.5, 0.6) is 0 Å². The molecule has 1 aromatic heterocycles. The molecule has 0 spiro atoms. The highest BCUT2D eigenvalue weighted by Crippen LogP contribution is 2.86. The van der Waals surface area contributed by atoms with Crippen molar-refractivity contribution < 1.29 is 4.74 Å². The highest BCUT2D eigenvalue weighted by molar-refractivity contribution is 5.82. The summed E-state index contributed by atoms with van der Waals surface area (Å²) >= 11 is 0. The highest BCUT2D eigenvalue weighted by Gasteiger charge is 2.92. The van der Waals surface area contributed by atoms with Crippen molar-refractivity contribution in [2.45, 2.75) is 50.4 Å². The lowest BCUT2D eigenvalue weighted by Crippen LogP contribution is -2.23. The third-order valence-corrected chi connectivity index (χ3v) is 8.10. The number of hydrogen-bond acceptors (Lipinski definition) is 3. The van der Waals surface area contributed by atoms with Gasteiger partial charge < -0.3 is 4.74 Å². The zero-order valence-electron chi connectivity index (χ0n) is 16.9. The van der Waals surface area contributed by atoms with Crippen LogP contribution in [0.4, 0.5) is 0 Å². The number of hydrogen-bond donors (Lipinski definition) is 0. The van der Waals surface area contributed by atoms with E-state index in [0.29, 0.717) is 5.41 Å². The zero-order chi connectivity index (χ0) is 19.2. The molecule has 3 aliphatic heterocycles. The maximum atomic E-state index is 6.04. The van der Waals surface area contributed by atoms with Gasteiger partial charge in [0.1, 0.15) is 0 Å². The first kappa shape index (κ1) is 16.6. The van der Waals surface area contributed by atoms with Crippen LogP contribution in [0.3, 0.4) is 0 Å². The molecule has 3 aromatic rings. The van der Waals surface area contributed by atoms with Crippen LogP contribution < -0.4 is 0 Å². The summed E-state index contributed by atoms with van der Waals surface area (Å²) < 4.78 is 8.19. The number of ether oxygens (including phenoxy) is 1. The average molecular weight is 386 g/mol. The highest BCUT2D eigenvalue weighted by atomic mass is 16.5. The first-order chi connectivity index (χ1) is 14.3. The molecule has 5 aliphatic rings. The largest absolute Gasteiger partial charge is 0.356 e. The van der Waals surface area contributed by atoms with Crippen molar-refractivity contribution in [1.29, 1.82) is 0 Å². The molecule has 29 heavy (non-hydrogen) atoms. The van der Waals surface area contributed by atoms with Crippen molar-refractivity contribution in [3.63, 3.8) is 0 Å². The number of nitrogens with zero attached hydrogens (tertiary/aromatic N) is 3. The van der Waals surface area contributed by atoms with Crippen LogP contribution >= 0.6 is 0 Å². The summed E-state index contributed by atoms with van der Waals surface area (Å²) in [5, 5.41) is 5.98. The normalized spacial score (nSPS) is 35.1. The molecule has 8 rings (SSSR count). The third kappa shape index (κ3) is 2.14. The molecule has 148 valence electrons. The lowest BCUT2D eigenvalue weighted by Gasteiger charge is -2.24. The topological polar surface area (TPSA) is 30.3 Å². The van der Waals surface area contributed by atoms with Crippen LogP contribution in [0.1, 0.15) is 42.2 Å². The lowest BCUT2D eigenvalue weighted by atomic mass is 9.92. The first-order valence-electron chi connectivity index (χ1n) is 11.2. The summed E-state index contributed by atoms with van der Waals surface area (Å²) in [7, 11) is 0. The number of aromatic nitrogens is 2. The number of fused-ring (bicyclic) bond motifs is 2. The molecule has 5 fully saturated rings. The SMILES string of the molecule is Cc1cc2cnn(C3CCCCO3)c2cc1C12C3CN(Cc4ccccc4)C1C32. The Kier molecular flexibility index (Phi) is 3.27. The predicted octanol–water partition coefficient (Wildman–Crippen LogP) is 4.43. The van der Waals surface area contributed by atoms with E-state index in [4.69, 9.17) is 9.84 Å². The number of aryl methyl sites for hydroxylation is 1. The average Bonchev–Trinajstić information content (AvgIpc) is 3.35. The Morgan fingerprint density at radius 1 is 1.17 bits per heavy atom. The van der Waals surface area contributed by atoms with E-state index in [1.165, 1.54) is 41.4 Å². The van der Waals surface area contributed by atoms with Gasteiger partial charge in [0.15, 0.2) is 6.23 Å². The van der Waals surface area contributed by atoms with E-state index < -0.39 is 0 Å². The summed E-state index contributed by atoms with van der Waals surface area (Å²) in [5.41, 5.74) is 6.15. The molecule has 5 atom stereocenters. The second-order valence-electron chi connectivity index (χ2n) is 9.56. The third-order valence-electron chi connectivity index (χ3n) is 8.10. The Morgan fingerprint density at radius 2 is 2.07 bits per heavy atom. The Morgan fingerprint density at radius 3 is 2.86 bits per heavy atom. The van der Waals surface area contributed by atoms with Gasteiger partial charge in [-0.2, -0.15) is 5.10 Å². The van der Waals surface area contributed by atoms with Gasteiger partial charge in [-0.15, -0.1) is 0 Å². The van der Waals surface area contributed by atoms with Crippen LogP contribution in [0, 0.1) is 18.8 Å². The fraction of sp³-hybridized carbons (Fsp3) is 0.480. The minimum absolute atomic E-state index is 0.106. The molecule has 2 aromatic carbocycles. The Labute approximate surface area is 171 Å². The van der Waals surface area contributed by atoms with E-state index in [1.807, 2.05) is 6.20 Å². The minimum atomic E-state index is 0.106. The van der Waals surface area contributed by atoms with Gasteiger partial charge in [-0.25, -0.2) is 4.68 Å². The molecular formula is C25H27N3O. The van der Waals surface area contributed by atoms with Gasteiger partial charge in [0, 0.05) is 36.5 Å². The monoisotopic (exact) mass is 385 g/mol. The minimum Gasteiger partial charge on any atom is -0.356 e. The molecule has 3 saturated heterocycles. The molecular weight excluding hydrogens is 358 g/mol. The van der Waals surface area contributed by atoms with E-state index in [-0.39, 0.29) is 6.23 Å². The van der Waals surface area contributed by atoms with Crippen LogP contribution in [-0.2, 0) is 16.7 Å². The summed E-state index contributed by atoms with van der Waals surface area (Å²) in [5.74, 6) is 1.74. The molecule has 0 N–H and O–H groups in total. The molecule has 0 radical (unpaired) electrons. The molecule has 4 heteroatoms. The van der Waals surface area contributed by atoms with Crippen LogP contribution in [0.15, 0.2) is 48.7 Å². The fourth-order valence-corrected chi connectivity index (χ4v) is 6.75. The Bertz CT molecular complexity index is 1090. The van der Waals surface area contributed by atoms with Gasteiger partial charge in [0.25, 0.3) is 0 Å². The van der Waals surface area contributed by atoms with Crippen molar-refractivity contribution in [3.8, 4) is 0 Å². The Balaban J connectivity index is 1.22. The quantitative estimate of drug-likeness (QED) is 0.666. The van der Waals surface area contributed by atoms with Crippen LogP contribution in [-0.4, -0.2) is 33.9 Å². The van der Waals surface area contributed by atoms with Gasteiger partial charge in [-0.1, -0.05) is 30.3 Å². The van der Waals surface area contributed by atoms with Gasteiger partial charge in [0.05, 0.1) is 11.7 Å². The smallest absolute Gasteiger partial charge is 0.150 e. The molecule has 2 saturated carbocycles. The maximum absolute atomic E-state index is 6.04. The number of piperidine rings is 1. The van der Waals surface area contributed by atoms with E-state index >= 15 is 0 Å². The van der Waals surface area contributed by atoms with Crippen LogP contribution in [0.25, 0.3) is 10.9 Å². The number of benzene rings is 2. The van der Waals surface area contributed by atoms with Gasteiger partial charge in [-0.05, 0) is 66.8 Å². The van der Waals surface area contributed by atoms with E-state index in [2.05, 4.69) is 59.0 Å². The van der Waals surface area contributed by atoms with E-state index in [0.717, 1.165) is 37.5 Å².